The van der Waals surface area contributed by atoms with Crippen molar-refractivity contribution in [3.63, 3.8) is 0 Å². The lowest BCUT2D eigenvalue weighted by molar-refractivity contribution is 0.0553. The van der Waals surface area contributed by atoms with Crippen molar-refractivity contribution in [1.82, 2.24) is 10.2 Å². The summed E-state index contributed by atoms with van der Waals surface area (Å²) in [6.45, 7) is 14.7. The Kier molecular flexibility index (Phi) is 3.81. The Balaban J connectivity index is 1.82. The van der Waals surface area contributed by atoms with E-state index in [-0.39, 0.29) is 0 Å². The summed E-state index contributed by atoms with van der Waals surface area (Å²) in [5, 5.41) is 3.43. The van der Waals surface area contributed by atoms with Crippen LogP contribution in [-0.4, -0.2) is 49.3 Å². The number of rotatable bonds is 5. The molecule has 0 aromatic heterocycles. The molecule has 1 aliphatic heterocycles. The first-order chi connectivity index (χ1) is 7.98. The molecule has 1 heterocycles. The quantitative estimate of drug-likeness (QED) is 0.794. The van der Waals surface area contributed by atoms with Gasteiger partial charge in [0, 0.05) is 38.3 Å². The van der Waals surface area contributed by atoms with Gasteiger partial charge in [-0.25, -0.2) is 0 Å². The van der Waals surface area contributed by atoms with Crippen molar-refractivity contribution in [3.8, 4) is 0 Å². The minimum atomic E-state index is 0.364. The van der Waals surface area contributed by atoms with Crippen LogP contribution in [0.25, 0.3) is 0 Å². The van der Waals surface area contributed by atoms with E-state index in [1.165, 1.54) is 25.9 Å². The Morgan fingerprint density at radius 2 is 1.88 bits per heavy atom. The fourth-order valence-electron chi connectivity index (χ4n) is 3.24. The molecule has 2 atom stereocenters. The standard InChI is InChI=1S/C14H28N2O/c1-12(2)17-10-5-13(3)11-14(13,4)16-8-6-15-7-9-16/h12,15H,5-11H2,1-4H3. The number of hydrogen-bond acceptors (Lipinski definition) is 3. The van der Waals surface area contributed by atoms with Gasteiger partial charge in [-0.3, -0.25) is 4.90 Å². The van der Waals surface area contributed by atoms with Gasteiger partial charge in [-0.15, -0.1) is 0 Å². The van der Waals surface area contributed by atoms with E-state index in [0.29, 0.717) is 17.1 Å². The Labute approximate surface area is 106 Å². The van der Waals surface area contributed by atoms with E-state index >= 15 is 0 Å². The van der Waals surface area contributed by atoms with Crippen molar-refractivity contribution >= 4 is 0 Å². The van der Waals surface area contributed by atoms with Crippen LogP contribution < -0.4 is 5.32 Å². The van der Waals surface area contributed by atoms with Crippen molar-refractivity contribution in [1.29, 1.82) is 0 Å². The van der Waals surface area contributed by atoms with Crippen LogP contribution in [-0.2, 0) is 4.74 Å². The number of hydrogen-bond donors (Lipinski definition) is 1. The molecule has 0 aromatic carbocycles. The highest BCUT2D eigenvalue weighted by Crippen LogP contribution is 2.61. The molecule has 17 heavy (non-hydrogen) atoms. The van der Waals surface area contributed by atoms with E-state index in [0.717, 1.165) is 19.7 Å². The van der Waals surface area contributed by atoms with E-state index in [9.17, 15) is 0 Å². The Morgan fingerprint density at radius 3 is 2.47 bits per heavy atom. The molecule has 2 fully saturated rings. The fraction of sp³-hybridized carbons (Fsp3) is 1.00. The fourth-order valence-corrected chi connectivity index (χ4v) is 3.24. The van der Waals surface area contributed by atoms with Gasteiger partial charge in [-0.05, 0) is 39.0 Å². The summed E-state index contributed by atoms with van der Waals surface area (Å²) in [6.07, 6.45) is 2.90. The molecule has 1 saturated carbocycles. The highest BCUT2D eigenvalue weighted by Gasteiger charge is 2.63. The van der Waals surface area contributed by atoms with Crippen molar-refractivity contribution in [3.05, 3.63) is 0 Å². The SMILES string of the molecule is CC(C)OCCC1(C)CC1(C)N1CCNCC1. The van der Waals surface area contributed by atoms with Gasteiger partial charge in [-0.1, -0.05) is 6.92 Å². The van der Waals surface area contributed by atoms with Gasteiger partial charge in [-0.2, -0.15) is 0 Å². The van der Waals surface area contributed by atoms with E-state index in [1.807, 2.05) is 0 Å². The molecule has 0 amide bonds. The maximum absolute atomic E-state index is 5.71. The molecule has 2 rings (SSSR count). The minimum absolute atomic E-state index is 0.364. The number of nitrogens with zero attached hydrogens (tertiary/aromatic N) is 1. The van der Waals surface area contributed by atoms with E-state index in [4.69, 9.17) is 4.74 Å². The molecule has 0 bridgehead atoms. The van der Waals surface area contributed by atoms with Crippen LogP contribution in [0.4, 0.5) is 0 Å². The zero-order chi connectivity index (χ0) is 12.5. The Hall–Kier alpha value is -0.120. The molecule has 3 heteroatoms. The highest BCUT2D eigenvalue weighted by atomic mass is 16.5. The van der Waals surface area contributed by atoms with Crippen LogP contribution in [0.3, 0.4) is 0 Å². The number of nitrogens with one attached hydrogen (secondary N) is 1. The van der Waals surface area contributed by atoms with Crippen molar-refractivity contribution in [2.45, 2.75) is 52.2 Å². The van der Waals surface area contributed by atoms with E-state index < -0.39 is 0 Å². The minimum Gasteiger partial charge on any atom is -0.379 e. The van der Waals surface area contributed by atoms with Gasteiger partial charge >= 0.3 is 0 Å². The molecule has 2 unspecified atom stereocenters. The maximum Gasteiger partial charge on any atom is 0.0518 e. The molecule has 1 N–H and O–H groups in total. The van der Waals surface area contributed by atoms with E-state index in [1.54, 1.807) is 0 Å². The first-order valence-electron chi connectivity index (χ1n) is 7.05. The molecular formula is C14H28N2O. The summed E-state index contributed by atoms with van der Waals surface area (Å²) in [4.78, 5) is 2.68. The predicted octanol–water partition coefficient (Wildman–Crippen LogP) is 1.88. The predicted molar refractivity (Wildman–Crippen MR) is 71.3 cm³/mol. The second-order valence-corrected chi connectivity index (χ2v) is 6.42. The third-order valence-electron chi connectivity index (χ3n) is 4.83. The van der Waals surface area contributed by atoms with Crippen LogP contribution in [0, 0.1) is 5.41 Å². The average molecular weight is 240 g/mol. The molecule has 2 aliphatic rings. The Morgan fingerprint density at radius 1 is 1.24 bits per heavy atom. The smallest absolute Gasteiger partial charge is 0.0518 e. The van der Waals surface area contributed by atoms with Gasteiger partial charge in [0.15, 0.2) is 0 Å². The van der Waals surface area contributed by atoms with Crippen molar-refractivity contribution in [2.75, 3.05) is 32.8 Å². The van der Waals surface area contributed by atoms with Gasteiger partial charge in [0.2, 0.25) is 0 Å². The topological polar surface area (TPSA) is 24.5 Å². The van der Waals surface area contributed by atoms with Gasteiger partial charge in [0.1, 0.15) is 0 Å². The maximum atomic E-state index is 5.71. The monoisotopic (exact) mass is 240 g/mol. The molecule has 0 spiro atoms. The summed E-state index contributed by atoms with van der Waals surface area (Å²) in [5.74, 6) is 0. The average Bonchev–Trinajstić information content (AvgIpc) is 2.84. The van der Waals surface area contributed by atoms with Crippen LogP contribution in [0.5, 0.6) is 0 Å². The zero-order valence-electron chi connectivity index (χ0n) is 11.9. The largest absolute Gasteiger partial charge is 0.379 e. The second kappa shape index (κ2) is 4.87. The first-order valence-corrected chi connectivity index (χ1v) is 7.05. The summed E-state index contributed by atoms with van der Waals surface area (Å²) in [7, 11) is 0. The van der Waals surface area contributed by atoms with E-state index in [2.05, 4.69) is 37.9 Å². The Bertz CT molecular complexity index is 263. The lowest BCUT2D eigenvalue weighted by atomic mass is 9.97. The molecule has 1 saturated heterocycles. The first kappa shape index (κ1) is 13.3. The van der Waals surface area contributed by atoms with Crippen LogP contribution in [0.1, 0.15) is 40.5 Å². The summed E-state index contributed by atoms with van der Waals surface area (Å²) in [6, 6.07) is 0. The van der Waals surface area contributed by atoms with Crippen LogP contribution >= 0.6 is 0 Å². The molecule has 3 nitrogen and oxygen atoms in total. The second-order valence-electron chi connectivity index (χ2n) is 6.42. The number of ether oxygens (including phenoxy) is 1. The summed E-state index contributed by atoms with van der Waals surface area (Å²) < 4.78 is 5.71. The molecule has 1 aliphatic carbocycles. The van der Waals surface area contributed by atoms with Gasteiger partial charge in [0.25, 0.3) is 0 Å². The van der Waals surface area contributed by atoms with Crippen molar-refractivity contribution in [2.24, 2.45) is 5.41 Å². The zero-order valence-corrected chi connectivity index (χ0v) is 11.9. The molecule has 100 valence electrons. The number of piperazine rings is 1. The van der Waals surface area contributed by atoms with Gasteiger partial charge in [0.05, 0.1) is 6.10 Å². The van der Waals surface area contributed by atoms with Gasteiger partial charge < -0.3 is 10.1 Å². The normalized spacial score (nSPS) is 38.6. The van der Waals surface area contributed by atoms with Crippen molar-refractivity contribution < 1.29 is 4.74 Å². The van der Waals surface area contributed by atoms with Crippen LogP contribution in [0.2, 0.25) is 0 Å². The third kappa shape index (κ3) is 2.67. The summed E-state index contributed by atoms with van der Waals surface area (Å²) >= 11 is 0. The highest BCUT2D eigenvalue weighted by molar-refractivity contribution is 5.17. The third-order valence-corrected chi connectivity index (χ3v) is 4.83. The molecule has 0 aromatic rings. The summed E-state index contributed by atoms with van der Waals surface area (Å²) in [5.41, 5.74) is 0.897. The molecule has 0 radical (unpaired) electrons. The lowest BCUT2D eigenvalue weighted by Gasteiger charge is -2.36. The molecular weight excluding hydrogens is 212 g/mol. The van der Waals surface area contributed by atoms with Crippen LogP contribution in [0.15, 0.2) is 0 Å². The lowest BCUT2D eigenvalue weighted by Crippen LogP contribution is -2.50.